The maximum Gasteiger partial charge on any atom is 0.563 e. The fourth-order valence-electron chi connectivity index (χ4n) is 1.06. The molecule has 0 unspecified atom stereocenters. The van der Waals surface area contributed by atoms with Gasteiger partial charge in [0.25, 0.3) is 0 Å². The quantitative estimate of drug-likeness (QED) is 0.499. The Labute approximate surface area is 76.9 Å². The van der Waals surface area contributed by atoms with Crippen LogP contribution in [0.5, 0.6) is 0 Å². The lowest BCUT2D eigenvalue weighted by molar-refractivity contribution is -0.129. The van der Waals surface area contributed by atoms with Gasteiger partial charge < -0.3 is 9.68 Å². The van der Waals surface area contributed by atoms with Gasteiger partial charge in [0, 0.05) is 5.47 Å². The molecule has 1 rings (SSSR count). The normalized spacial score (nSPS) is 22.2. The van der Waals surface area contributed by atoms with Crippen LogP contribution in [0.25, 0.3) is 0 Å². The Morgan fingerprint density at radius 3 is 2.46 bits per heavy atom. The minimum Gasteiger partial charge on any atom is -0.502 e. The maximum atomic E-state index is 11.1. The van der Waals surface area contributed by atoms with Crippen molar-refractivity contribution in [2.24, 2.45) is 0 Å². The Kier molecular flexibility index (Phi) is 2.87. The van der Waals surface area contributed by atoms with E-state index in [2.05, 4.69) is 17.8 Å². The third kappa shape index (κ3) is 1.79. The number of hydrogen-bond donors (Lipinski definition) is 1. The van der Waals surface area contributed by atoms with E-state index in [0.717, 1.165) is 0 Å². The average molecular weight is 176 g/mol. The van der Waals surface area contributed by atoms with Crippen molar-refractivity contribution < 1.29 is 14.5 Å². The summed E-state index contributed by atoms with van der Waals surface area (Å²) >= 11 is 0. The molecule has 0 saturated carbocycles. The Balaban J connectivity index is 3.10. The average Bonchev–Trinajstić information content (AvgIpc) is 2.33. The van der Waals surface area contributed by atoms with Crippen molar-refractivity contribution in [3.8, 4) is 0 Å². The first kappa shape index (κ1) is 9.54. The fraction of sp³-hybridized carbons (Fsp3) is 0. The first-order chi connectivity index (χ1) is 6.20. The van der Waals surface area contributed by atoms with Gasteiger partial charge >= 0.3 is 13.1 Å². The van der Waals surface area contributed by atoms with Crippen molar-refractivity contribution >= 4 is 13.1 Å². The number of rotatable bonds is 2. The van der Waals surface area contributed by atoms with E-state index in [1.165, 1.54) is 24.3 Å². The van der Waals surface area contributed by atoms with E-state index in [9.17, 15) is 9.82 Å². The van der Waals surface area contributed by atoms with Gasteiger partial charge in [0.05, 0.1) is 5.57 Å². The molecule has 66 valence electrons. The first-order valence-corrected chi connectivity index (χ1v) is 3.75. The zero-order valence-electron chi connectivity index (χ0n) is 7.06. The monoisotopic (exact) mass is 176 g/mol. The highest BCUT2D eigenvalue weighted by Crippen LogP contribution is 2.22. The number of allylic oxidation sites excluding steroid dienone is 4. The van der Waals surface area contributed by atoms with Crippen LogP contribution in [-0.4, -0.2) is 18.1 Å². The van der Waals surface area contributed by atoms with Crippen molar-refractivity contribution in [1.29, 1.82) is 0 Å². The summed E-state index contributed by atoms with van der Waals surface area (Å²) in [6, 6.07) is 0. The van der Waals surface area contributed by atoms with Gasteiger partial charge in [-0.2, -0.15) is 0 Å². The molecule has 1 aliphatic heterocycles. The van der Waals surface area contributed by atoms with Crippen molar-refractivity contribution in [3.63, 3.8) is 0 Å². The summed E-state index contributed by atoms with van der Waals surface area (Å²) in [5, 5.41) is 9.25. The molecule has 0 radical (unpaired) electrons. The third-order valence-corrected chi connectivity index (χ3v) is 1.60. The minimum atomic E-state index is -1.18. The SMILES string of the molecule is C=C/C=C1/B(O)OC(=O)/C1=C/C=C. The molecule has 4 heteroatoms. The standard InChI is InChI=1S/C9H9BO3/c1-3-5-7-8(6-4-2)10(12)13-9(7)11/h3-6,12H,1-2H2/b7-5+,8-6+. The van der Waals surface area contributed by atoms with Crippen LogP contribution in [0.3, 0.4) is 0 Å². The van der Waals surface area contributed by atoms with E-state index < -0.39 is 13.1 Å². The van der Waals surface area contributed by atoms with Crippen LogP contribution in [0.2, 0.25) is 0 Å². The van der Waals surface area contributed by atoms with Gasteiger partial charge in [-0.3, -0.25) is 0 Å². The molecule has 13 heavy (non-hydrogen) atoms. The summed E-state index contributed by atoms with van der Waals surface area (Å²) in [6.45, 7) is 6.93. The highest BCUT2D eigenvalue weighted by Gasteiger charge is 2.37. The summed E-state index contributed by atoms with van der Waals surface area (Å²) in [7, 11) is -1.18. The van der Waals surface area contributed by atoms with Gasteiger partial charge in [-0.15, -0.1) is 0 Å². The van der Waals surface area contributed by atoms with E-state index in [1.54, 1.807) is 0 Å². The van der Waals surface area contributed by atoms with Crippen LogP contribution in [0.4, 0.5) is 0 Å². The molecule has 0 amide bonds. The van der Waals surface area contributed by atoms with E-state index in [1.807, 2.05) is 0 Å². The lowest BCUT2D eigenvalue weighted by atomic mass is 9.77. The van der Waals surface area contributed by atoms with Gasteiger partial charge in [0.1, 0.15) is 0 Å². The molecule has 0 aliphatic carbocycles. The van der Waals surface area contributed by atoms with E-state index in [4.69, 9.17) is 0 Å². The van der Waals surface area contributed by atoms with E-state index >= 15 is 0 Å². The third-order valence-electron chi connectivity index (χ3n) is 1.60. The molecule has 0 aromatic heterocycles. The van der Waals surface area contributed by atoms with E-state index in [0.29, 0.717) is 11.0 Å². The molecule has 1 N–H and O–H groups in total. The molecule has 0 aromatic rings. The smallest absolute Gasteiger partial charge is 0.502 e. The molecular weight excluding hydrogens is 167 g/mol. The Morgan fingerprint density at radius 1 is 1.31 bits per heavy atom. The molecule has 1 saturated heterocycles. The Morgan fingerprint density at radius 2 is 1.92 bits per heavy atom. The van der Waals surface area contributed by atoms with E-state index in [-0.39, 0.29) is 0 Å². The van der Waals surface area contributed by atoms with Crippen LogP contribution < -0.4 is 0 Å². The molecule has 1 aliphatic rings. The summed E-state index contributed by atoms with van der Waals surface area (Å²) < 4.78 is 4.58. The lowest BCUT2D eigenvalue weighted by Crippen LogP contribution is -2.13. The second kappa shape index (κ2) is 3.91. The summed E-state index contributed by atoms with van der Waals surface area (Å²) in [6.07, 6.45) is 5.97. The van der Waals surface area contributed by atoms with Crippen LogP contribution >= 0.6 is 0 Å². The predicted molar refractivity (Wildman–Crippen MR) is 50.6 cm³/mol. The molecule has 1 heterocycles. The molecule has 1 fully saturated rings. The molecule has 0 atom stereocenters. The highest BCUT2D eigenvalue weighted by atomic mass is 16.6. The highest BCUT2D eigenvalue weighted by molar-refractivity contribution is 6.61. The maximum absolute atomic E-state index is 11.1. The zero-order chi connectivity index (χ0) is 9.84. The van der Waals surface area contributed by atoms with Gasteiger partial charge in [0.2, 0.25) is 0 Å². The lowest BCUT2D eigenvalue weighted by Gasteiger charge is -1.92. The number of hydrogen-bond acceptors (Lipinski definition) is 3. The van der Waals surface area contributed by atoms with Crippen molar-refractivity contribution in [2.45, 2.75) is 0 Å². The summed E-state index contributed by atoms with van der Waals surface area (Å²) in [5.41, 5.74) is 0.738. The minimum absolute atomic E-state index is 0.322. The van der Waals surface area contributed by atoms with Crippen molar-refractivity contribution in [3.05, 3.63) is 48.5 Å². The second-order valence-corrected chi connectivity index (χ2v) is 2.43. The first-order valence-electron chi connectivity index (χ1n) is 3.75. The van der Waals surface area contributed by atoms with Crippen molar-refractivity contribution in [2.75, 3.05) is 0 Å². The Bertz CT molecular complexity index is 315. The van der Waals surface area contributed by atoms with Crippen LogP contribution in [-0.2, 0) is 9.45 Å². The second-order valence-electron chi connectivity index (χ2n) is 2.43. The van der Waals surface area contributed by atoms with Gasteiger partial charge in [0.15, 0.2) is 0 Å². The molecule has 3 nitrogen and oxygen atoms in total. The summed E-state index contributed by atoms with van der Waals surface area (Å²) in [5.74, 6) is -0.541. The topological polar surface area (TPSA) is 46.5 Å². The molecular formula is C9H9BO3. The molecule has 0 bridgehead atoms. The van der Waals surface area contributed by atoms with Crippen LogP contribution in [0, 0.1) is 0 Å². The largest absolute Gasteiger partial charge is 0.563 e. The van der Waals surface area contributed by atoms with Gasteiger partial charge in [-0.1, -0.05) is 31.4 Å². The molecule has 0 spiro atoms. The number of carbonyl (C=O) groups excluding carboxylic acids is 1. The summed E-state index contributed by atoms with van der Waals surface area (Å²) in [4.78, 5) is 11.1. The van der Waals surface area contributed by atoms with Gasteiger partial charge in [-0.05, 0) is 6.08 Å². The molecule has 0 aromatic carbocycles. The fourth-order valence-corrected chi connectivity index (χ4v) is 1.06. The Hall–Kier alpha value is -1.55. The van der Waals surface area contributed by atoms with Crippen molar-refractivity contribution in [1.82, 2.24) is 0 Å². The van der Waals surface area contributed by atoms with Crippen LogP contribution in [0.1, 0.15) is 0 Å². The van der Waals surface area contributed by atoms with Gasteiger partial charge in [-0.25, -0.2) is 4.79 Å². The number of carbonyl (C=O) groups is 1. The predicted octanol–water partition coefficient (Wildman–Crippen LogP) is 0.788. The zero-order valence-corrected chi connectivity index (χ0v) is 7.06. The van der Waals surface area contributed by atoms with Crippen LogP contribution in [0.15, 0.2) is 48.5 Å².